The van der Waals surface area contributed by atoms with Crippen LogP contribution in [-0.2, 0) is 11.4 Å². The molecule has 0 radical (unpaired) electrons. The van der Waals surface area contributed by atoms with Gasteiger partial charge in [0, 0.05) is 35.1 Å². The quantitative estimate of drug-likeness (QED) is 0.589. The number of hydrogen-bond acceptors (Lipinski definition) is 7. The summed E-state index contributed by atoms with van der Waals surface area (Å²) in [7, 11) is 0. The van der Waals surface area contributed by atoms with Gasteiger partial charge in [0.15, 0.2) is 5.13 Å². The third-order valence-corrected chi connectivity index (χ3v) is 6.45. The van der Waals surface area contributed by atoms with Gasteiger partial charge in [-0.15, -0.1) is 22.7 Å². The van der Waals surface area contributed by atoms with Gasteiger partial charge in [0.2, 0.25) is 5.91 Å². The van der Waals surface area contributed by atoms with E-state index in [4.69, 9.17) is 16.3 Å². The lowest BCUT2D eigenvalue weighted by molar-refractivity contribution is -0.121. The van der Waals surface area contributed by atoms with Gasteiger partial charge in [-0.3, -0.25) is 9.59 Å². The summed E-state index contributed by atoms with van der Waals surface area (Å²) in [6.07, 6.45) is 3.17. The lowest BCUT2D eigenvalue weighted by Crippen LogP contribution is -2.43. The highest BCUT2D eigenvalue weighted by Crippen LogP contribution is 2.23. The standard InChI is InChI=1S/C20H19ClN4O3S2/c21-14-3-5-15(6-4-14)28-11-17-23-16(12-30-17)19(27)25-8-1-2-13(10-25)18(26)24-20-22-7-9-29-20/h3-7,9,12-13H,1-2,8,10-11H2,(H,22,24,26). The van der Waals surface area contributed by atoms with Crippen LogP contribution in [0.3, 0.4) is 0 Å². The molecule has 1 aliphatic rings. The molecule has 2 aromatic heterocycles. The first-order chi connectivity index (χ1) is 14.6. The Hall–Kier alpha value is -2.49. The van der Waals surface area contributed by atoms with E-state index in [0.717, 1.165) is 12.8 Å². The van der Waals surface area contributed by atoms with Gasteiger partial charge in [0.25, 0.3) is 5.91 Å². The number of benzene rings is 1. The zero-order valence-corrected chi connectivity index (χ0v) is 18.3. The summed E-state index contributed by atoms with van der Waals surface area (Å²) < 4.78 is 5.69. The zero-order valence-electron chi connectivity index (χ0n) is 15.9. The van der Waals surface area contributed by atoms with Crippen molar-refractivity contribution in [3.8, 4) is 5.75 Å². The maximum atomic E-state index is 12.9. The largest absolute Gasteiger partial charge is 0.486 e. The smallest absolute Gasteiger partial charge is 0.273 e. The summed E-state index contributed by atoms with van der Waals surface area (Å²) in [5, 5.41) is 8.30. The van der Waals surface area contributed by atoms with Crippen molar-refractivity contribution in [2.24, 2.45) is 5.92 Å². The van der Waals surface area contributed by atoms with Crippen LogP contribution in [0.25, 0.3) is 0 Å². The summed E-state index contributed by atoms with van der Waals surface area (Å²) in [4.78, 5) is 35.6. The lowest BCUT2D eigenvalue weighted by Gasteiger charge is -2.31. The molecule has 0 spiro atoms. The molecule has 10 heteroatoms. The molecule has 3 heterocycles. The highest BCUT2D eigenvalue weighted by molar-refractivity contribution is 7.13. The van der Waals surface area contributed by atoms with E-state index >= 15 is 0 Å². The van der Waals surface area contributed by atoms with Crippen molar-refractivity contribution in [3.63, 3.8) is 0 Å². The molecule has 7 nitrogen and oxygen atoms in total. The van der Waals surface area contributed by atoms with E-state index in [1.807, 2.05) is 5.38 Å². The van der Waals surface area contributed by atoms with Crippen molar-refractivity contribution in [3.05, 3.63) is 56.9 Å². The monoisotopic (exact) mass is 462 g/mol. The average Bonchev–Trinajstić information content (AvgIpc) is 3.45. The molecule has 4 rings (SSSR count). The molecule has 0 bridgehead atoms. The van der Waals surface area contributed by atoms with Crippen molar-refractivity contribution in [1.29, 1.82) is 0 Å². The first kappa shape index (κ1) is 20.8. The fraction of sp³-hybridized carbons (Fsp3) is 0.300. The normalized spacial score (nSPS) is 16.3. The number of ether oxygens (including phenoxy) is 1. The van der Waals surface area contributed by atoms with E-state index in [-0.39, 0.29) is 24.3 Å². The van der Waals surface area contributed by atoms with Gasteiger partial charge < -0.3 is 15.0 Å². The van der Waals surface area contributed by atoms with Crippen molar-refractivity contribution in [2.45, 2.75) is 19.4 Å². The number of carbonyl (C=O) groups excluding carboxylic acids is 2. The Morgan fingerprint density at radius 2 is 2.10 bits per heavy atom. The molecular weight excluding hydrogens is 444 g/mol. The third-order valence-electron chi connectivity index (χ3n) is 4.69. The van der Waals surface area contributed by atoms with Crippen LogP contribution in [-0.4, -0.2) is 39.8 Å². The number of aromatic nitrogens is 2. The van der Waals surface area contributed by atoms with Gasteiger partial charge in [0.05, 0.1) is 5.92 Å². The molecule has 2 amide bonds. The maximum absolute atomic E-state index is 12.9. The second-order valence-corrected chi connectivity index (χ2v) is 9.06. The van der Waals surface area contributed by atoms with Gasteiger partial charge in [0.1, 0.15) is 23.1 Å². The SMILES string of the molecule is O=C(Nc1nccs1)C1CCCN(C(=O)c2csc(COc3ccc(Cl)cc3)n2)C1. The van der Waals surface area contributed by atoms with E-state index in [2.05, 4.69) is 15.3 Å². The molecule has 1 atom stereocenters. The fourth-order valence-corrected chi connectivity index (χ4v) is 4.52. The van der Waals surface area contributed by atoms with Crippen molar-refractivity contribution >= 4 is 51.2 Å². The predicted octanol–water partition coefficient (Wildman–Crippen LogP) is 4.32. The van der Waals surface area contributed by atoms with Gasteiger partial charge in [-0.2, -0.15) is 0 Å². The molecule has 0 aliphatic carbocycles. The number of halogens is 1. The number of hydrogen-bond donors (Lipinski definition) is 1. The summed E-state index contributed by atoms with van der Waals surface area (Å²) in [5.41, 5.74) is 0.385. The molecule has 1 N–H and O–H groups in total. The minimum absolute atomic E-state index is 0.0993. The molecule has 3 aromatic rings. The van der Waals surface area contributed by atoms with Gasteiger partial charge in [-0.05, 0) is 37.1 Å². The predicted molar refractivity (Wildman–Crippen MR) is 117 cm³/mol. The van der Waals surface area contributed by atoms with E-state index in [9.17, 15) is 9.59 Å². The number of likely N-dealkylation sites (tertiary alicyclic amines) is 1. The molecule has 1 fully saturated rings. The lowest BCUT2D eigenvalue weighted by atomic mass is 9.97. The van der Waals surface area contributed by atoms with Crippen molar-refractivity contribution < 1.29 is 14.3 Å². The Bertz CT molecular complexity index is 1010. The number of rotatable bonds is 6. The second kappa shape index (κ2) is 9.55. The van der Waals surface area contributed by atoms with E-state index < -0.39 is 0 Å². The van der Waals surface area contributed by atoms with E-state index in [1.165, 1.54) is 22.7 Å². The Balaban J connectivity index is 1.33. The molecule has 1 aromatic carbocycles. The summed E-state index contributed by atoms with van der Waals surface area (Å²) in [5.74, 6) is 0.180. The number of nitrogens with zero attached hydrogens (tertiary/aromatic N) is 3. The second-order valence-electron chi connectivity index (χ2n) is 6.79. The molecule has 0 saturated carbocycles. The van der Waals surface area contributed by atoms with Gasteiger partial charge in [-0.1, -0.05) is 11.6 Å². The molecule has 1 unspecified atom stereocenters. The van der Waals surface area contributed by atoms with Gasteiger partial charge in [-0.25, -0.2) is 9.97 Å². The maximum Gasteiger partial charge on any atom is 0.273 e. The highest BCUT2D eigenvalue weighted by atomic mass is 35.5. The van der Waals surface area contributed by atoms with Crippen LogP contribution < -0.4 is 10.1 Å². The summed E-state index contributed by atoms with van der Waals surface area (Å²) >= 11 is 8.62. The first-order valence-electron chi connectivity index (χ1n) is 9.41. The van der Waals surface area contributed by atoms with E-state index in [0.29, 0.717) is 39.7 Å². The Morgan fingerprint density at radius 1 is 1.27 bits per heavy atom. The topological polar surface area (TPSA) is 84.4 Å². The Morgan fingerprint density at radius 3 is 2.87 bits per heavy atom. The van der Waals surface area contributed by atoms with Crippen molar-refractivity contribution in [1.82, 2.24) is 14.9 Å². The first-order valence-corrected chi connectivity index (χ1v) is 11.5. The minimum Gasteiger partial charge on any atom is -0.486 e. The molecule has 1 aliphatic heterocycles. The zero-order chi connectivity index (χ0) is 20.9. The third kappa shape index (κ3) is 5.16. The van der Waals surface area contributed by atoms with Crippen LogP contribution in [0.1, 0.15) is 28.3 Å². The van der Waals surface area contributed by atoms with Crippen molar-refractivity contribution in [2.75, 3.05) is 18.4 Å². The molecule has 156 valence electrons. The number of nitrogens with one attached hydrogen (secondary N) is 1. The van der Waals surface area contributed by atoms with Crippen LogP contribution in [0.5, 0.6) is 5.75 Å². The van der Waals surface area contributed by atoms with Crippen LogP contribution >= 0.6 is 34.3 Å². The molecule has 1 saturated heterocycles. The number of anilines is 1. The van der Waals surface area contributed by atoms with Gasteiger partial charge >= 0.3 is 0 Å². The minimum atomic E-state index is -0.252. The number of piperidine rings is 1. The van der Waals surface area contributed by atoms with Crippen LogP contribution in [0.4, 0.5) is 5.13 Å². The van der Waals surface area contributed by atoms with Crippen LogP contribution in [0.15, 0.2) is 41.2 Å². The fourth-order valence-electron chi connectivity index (χ4n) is 3.18. The number of amides is 2. The van der Waals surface area contributed by atoms with Crippen LogP contribution in [0, 0.1) is 5.92 Å². The number of thiazole rings is 2. The van der Waals surface area contributed by atoms with E-state index in [1.54, 1.807) is 40.7 Å². The highest BCUT2D eigenvalue weighted by Gasteiger charge is 2.30. The summed E-state index contributed by atoms with van der Waals surface area (Å²) in [6.45, 7) is 1.27. The average molecular weight is 463 g/mol. The Kier molecular flexibility index (Phi) is 6.61. The Labute approximate surface area is 186 Å². The molecular formula is C20H19ClN4O3S2. The molecule has 30 heavy (non-hydrogen) atoms. The summed E-state index contributed by atoms with van der Waals surface area (Å²) in [6, 6.07) is 7.08. The number of carbonyl (C=O) groups is 2. The van der Waals surface area contributed by atoms with Crippen LogP contribution in [0.2, 0.25) is 5.02 Å².